The van der Waals surface area contributed by atoms with E-state index in [0.717, 1.165) is 22.4 Å². The highest BCUT2D eigenvalue weighted by Gasteiger charge is 1.97. The van der Waals surface area contributed by atoms with E-state index in [1.54, 1.807) is 12.1 Å². The van der Waals surface area contributed by atoms with Gasteiger partial charge in [-0.25, -0.2) is 4.98 Å². The van der Waals surface area contributed by atoms with Gasteiger partial charge in [0.1, 0.15) is 11.6 Å². The predicted octanol–water partition coefficient (Wildman–Crippen LogP) is 3.44. The number of nitrogens with one attached hydrogen (secondary N) is 1. The van der Waals surface area contributed by atoms with Gasteiger partial charge in [0.05, 0.1) is 11.0 Å². The third-order valence-corrected chi connectivity index (χ3v) is 2.73. The summed E-state index contributed by atoms with van der Waals surface area (Å²) >= 11 is 0. The largest absolute Gasteiger partial charge is 0.508 e. The first-order valence-corrected chi connectivity index (χ1v) is 5.73. The number of rotatable bonds is 2. The molecule has 0 spiro atoms. The van der Waals surface area contributed by atoms with Crippen molar-refractivity contribution >= 4 is 23.2 Å². The molecule has 0 saturated heterocycles. The van der Waals surface area contributed by atoms with Crippen LogP contribution in [0.3, 0.4) is 0 Å². The molecule has 2 aromatic carbocycles. The number of aromatic hydroxyl groups is 1. The third kappa shape index (κ3) is 2.11. The van der Waals surface area contributed by atoms with E-state index in [1.165, 1.54) is 0 Å². The van der Waals surface area contributed by atoms with Gasteiger partial charge in [-0.1, -0.05) is 30.3 Å². The molecule has 1 aromatic heterocycles. The monoisotopic (exact) mass is 236 g/mol. The number of hydrogen-bond acceptors (Lipinski definition) is 2. The zero-order valence-corrected chi connectivity index (χ0v) is 9.67. The van der Waals surface area contributed by atoms with Gasteiger partial charge in [-0.05, 0) is 35.9 Å². The summed E-state index contributed by atoms with van der Waals surface area (Å²) < 4.78 is 0. The first-order valence-electron chi connectivity index (χ1n) is 5.73. The number of imidazole rings is 1. The molecular formula is C15H12N2O. The summed E-state index contributed by atoms with van der Waals surface area (Å²) in [7, 11) is 0. The second-order valence-electron chi connectivity index (χ2n) is 4.06. The van der Waals surface area contributed by atoms with Crippen LogP contribution in [0.5, 0.6) is 5.75 Å². The summed E-state index contributed by atoms with van der Waals surface area (Å²) in [6.07, 6.45) is 3.88. The molecule has 3 rings (SSSR count). The average molecular weight is 236 g/mol. The summed E-state index contributed by atoms with van der Waals surface area (Å²) in [5.41, 5.74) is 3.01. The summed E-state index contributed by atoms with van der Waals surface area (Å²) in [4.78, 5) is 7.68. The normalized spacial score (nSPS) is 11.3. The maximum absolute atomic E-state index is 9.19. The number of aromatic nitrogens is 2. The standard InChI is InChI=1S/C15H12N2O/c18-12-8-5-11(6-9-12)7-10-15-16-13-3-1-2-4-14(13)17-15/h1-10,18H,(H,16,17)/b10-7+. The van der Waals surface area contributed by atoms with Gasteiger partial charge < -0.3 is 10.1 Å². The predicted molar refractivity (Wildman–Crippen MR) is 73.1 cm³/mol. The van der Waals surface area contributed by atoms with Crippen molar-refractivity contribution in [2.45, 2.75) is 0 Å². The summed E-state index contributed by atoms with van der Waals surface area (Å²) in [6, 6.07) is 15.0. The maximum Gasteiger partial charge on any atom is 0.131 e. The lowest BCUT2D eigenvalue weighted by atomic mass is 10.2. The molecule has 0 aliphatic heterocycles. The van der Waals surface area contributed by atoms with E-state index in [0.29, 0.717) is 0 Å². The summed E-state index contributed by atoms with van der Waals surface area (Å²) in [5.74, 6) is 1.10. The van der Waals surface area contributed by atoms with Crippen molar-refractivity contribution in [1.82, 2.24) is 9.97 Å². The zero-order valence-electron chi connectivity index (χ0n) is 9.67. The van der Waals surface area contributed by atoms with Gasteiger partial charge in [-0.2, -0.15) is 0 Å². The molecule has 0 aliphatic carbocycles. The van der Waals surface area contributed by atoms with Crippen LogP contribution in [-0.2, 0) is 0 Å². The van der Waals surface area contributed by atoms with Crippen molar-refractivity contribution in [2.24, 2.45) is 0 Å². The van der Waals surface area contributed by atoms with E-state index < -0.39 is 0 Å². The van der Waals surface area contributed by atoms with E-state index in [9.17, 15) is 5.11 Å². The van der Waals surface area contributed by atoms with Crippen LogP contribution in [0.4, 0.5) is 0 Å². The van der Waals surface area contributed by atoms with Crippen LogP contribution in [0.1, 0.15) is 11.4 Å². The summed E-state index contributed by atoms with van der Waals surface area (Å²) in [6.45, 7) is 0. The minimum atomic E-state index is 0.274. The quantitative estimate of drug-likeness (QED) is 0.716. The van der Waals surface area contributed by atoms with Crippen LogP contribution < -0.4 is 0 Å². The molecule has 0 fully saturated rings. The van der Waals surface area contributed by atoms with Gasteiger partial charge in [0.25, 0.3) is 0 Å². The summed E-state index contributed by atoms with van der Waals surface area (Å²) in [5, 5.41) is 9.19. The number of fused-ring (bicyclic) bond motifs is 1. The molecule has 3 nitrogen and oxygen atoms in total. The lowest BCUT2D eigenvalue weighted by molar-refractivity contribution is 0.475. The Morgan fingerprint density at radius 1 is 0.944 bits per heavy atom. The fraction of sp³-hybridized carbons (Fsp3) is 0. The van der Waals surface area contributed by atoms with Crippen LogP contribution >= 0.6 is 0 Å². The van der Waals surface area contributed by atoms with Crippen LogP contribution in [0.2, 0.25) is 0 Å². The number of aromatic amines is 1. The molecule has 0 unspecified atom stereocenters. The Kier molecular flexibility index (Phi) is 2.57. The minimum Gasteiger partial charge on any atom is -0.508 e. The highest BCUT2D eigenvalue weighted by molar-refractivity contribution is 5.78. The van der Waals surface area contributed by atoms with Crippen LogP contribution in [0, 0.1) is 0 Å². The van der Waals surface area contributed by atoms with Gasteiger partial charge in [0.15, 0.2) is 0 Å². The van der Waals surface area contributed by atoms with Crippen molar-refractivity contribution in [1.29, 1.82) is 0 Å². The van der Waals surface area contributed by atoms with Crippen molar-refractivity contribution < 1.29 is 5.11 Å². The lowest BCUT2D eigenvalue weighted by Gasteiger charge is -1.93. The fourth-order valence-corrected chi connectivity index (χ4v) is 1.81. The van der Waals surface area contributed by atoms with E-state index in [2.05, 4.69) is 9.97 Å². The zero-order chi connectivity index (χ0) is 12.4. The first-order chi connectivity index (χ1) is 8.81. The van der Waals surface area contributed by atoms with Gasteiger partial charge in [-0.3, -0.25) is 0 Å². The molecule has 0 atom stereocenters. The number of phenolic OH excluding ortho intramolecular Hbond substituents is 1. The van der Waals surface area contributed by atoms with E-state index >= 15 is 0 Å². The molecular weight excluding hydrogens is 224 g/mol. The Hall–Kier alpha value is -2.55. The molecule has 0 aliphatic rings. The molecule has 2 N–H and O–H groups in total. The average Bonchev–Trinajstić information content (AvgIpc) is 2.81. The molecule has 1 heterocycles. The Morgan fingerprint density at radius 3 is 2.50 bits per heavy atom. The van der Waals surface area contributed by atoms with Crippen molar-refractivity contribution in [3.63, 3.8) is 0 Å². The SMILES string of the molecule is Oc1ccc(/C=C/c2nc3ccccc3[nH]2)cc1. The van der Waals surface area contributed by atoms with Gasteiger partial charge >= 0.3 is 0 Å². The topological polar surface area (TPSA) is 48.9 Å². The van der Waals surface area contributed by atoms with Crippen LogP contribution in [-0.4, -0.2) is 15.1 Å². The van der Waals surface area contributed by atoms with Gasteiger partial charge in [0.2, 0.25) is 0 Å². The highest BCUT2D eigenvalue weighted by Crippen LogP contribution is 2.14. The molecule has 3 heteroatoms. The first kappa shape index (κ1) is 10.6. The van der Waals surface area contributed by atoms with E-state index in [4.69, 9.17) is 0 Å². The number of phenols is 1. The molecule has 3 aromatic rings. The number of para-hydroxylation sites is 2. The Morgan fingerprint density at radius 2 is 1.72 bits per heavy atom. The number of benzene rings is 2. The second kappa shape index (κ2) is 4.37. The smallest absolute Gasteiger partial charge is 0.131 e. The maximum atomic E-state index is 9.19. The number of nitrogens with zero attached hydrogens (tertiary/aromatic N) is 1. The van der Waals surface area contributed by atoms with Crippen LogP contribution in [0.25, 0.3) is 23.2 Å². The molecule has 88 valence electrons. The second-order valence-corrected chi connectivity index (χ2v) is 4.06. The molecule has 0 radical (unpaired) electrons. The van der Waals surface area contributed by atoms with Gasteiger partial charge in [0, 0.05) is 0 Å². The van der Waals surface area contributed by atoms with Gasteiger partial charge in [-0.15, -0.1) is 0 Å². The Bertz CT molecular complexity index is 663. The van der Waals surface area contributed by atoms with E-state index in [-0.39, 0.29) is 5.75 Å². The number of hydrogen-bond donors (Lipinski definition) is 2. The highest BCUT2D eigenvalue weighted by atomic mass is 16.3. The van der Waals surface area contributed by atoms with E-state index in [1.807, 2.05) is 48.6 Å². The fourth-order valence-electron chi connectivity index (χ4n) is 1.81. The molecule has 0 amide bonds. The molecule has 0 bridgehead atoms. The molecule has 0 saturated carbocycles. The Balaban J connectivity index is 1.89. The minimum absolute atomic E-state index is 0.274. The third-order valence-electron chi connectivity index (χ3n) is 2.73. The number of H-pyrrole nitrogens is 1. The van der Waals surface area contributed by atoms with Crippen LogP contribution in [0.15, 0.2) is 48.5 Å². The Labute approximate surface area is 104 Å². The van der Waals surface area contributed by atoms with Crippen molar-refractivity contribution in [2.75, 3.05) is 0 Å². The molecule has 18 heavy (non-hydrogen) atoms. The van der Waals surface area contributed by atoms with Crippen molar-refractivity contribution in [3.8, 4) is 5.75 Å². The van der Waals surface area contributed by atoms with Crippen molar-refractivity contribution in [3.05, 3.63) is 59.9 Å². The lowest BCUT2D eigenvalue weighted by Crippen LogP contribution is -1.74.